The highest BCUT2D eigenvalue weighted by molar-refractivity contribution is 7.86. The van der Waals surface area contributed by atoms with Gasteiger partial charge in [0.25, 0.3) is 10.1 Å². The molecule has 0 N–H and O–H groups in total. The second-order valence-electron chi connectivity index (χ2n) is 10.6. The number of ether oxygens (including phenoxy) is 5. The van der Waals surface area contributed by atoms with Crippen LogP contribution in [0.25, 0.3) is 0 Å². The Balaban J connectivity index is 1.44. The van der Waals surface area contributed by atoms with Crippen LogP contribution < -0.4 is 0 Å². The number of hydrogen-bond donors (Lipinski definition) is 0. The van der Waals surface area contributed by atoms with E-state index in [9.17, 15) is 8.42 Å². The molecule has 1 aliphatic heterocycles. The molecule has 9 heteroatoms. The summed E-state index contributed by atoms with van der Waals surface area (Å²) in [4.78, 5) is 0.0989. The van der Waals surface area contributed by atoms with Gasteiger partial charge in [-0.3, -0.25) is 4.18 Å². The number of benzene rings is 4. The van der Waals surface area contributed by atoms with Crippen LogP contribution in [-0.2, 0) is 57.8 Å². The number of methoxy groups -OCH3 is 1. The second kappa shape index (κ2) is 15.5. The molecule has 1 saturated heterocycles. The van der Waals surface area contributed by atoms with Crippen molar-refractivity contribution in [3.8, 4) is 0 Å². The van der Waals surface area contributed by atoms with Crippen LogP contribution in [0.2, 0.25) is 0 Å². The van der Waals surface area contributed by atoms with E-state index in [2.05, 4.69) is 0 Å². The molecule has 5 atom stereocenters. The third-order valence-electron chi connectivity index (χ3n) is 7.43. The minimum Gasteiger partial charge on any atom is -0.368 e. The molecule has 4 aromatic carbocycles. The van der Waals surface area contributed by atoms with Gasteiger partial charge in [-0.15, -0.1) is 0 Å². The third-order valence-corrected chi connectivity index (χ3v) is 8.87. The zero-order valence-corrected chi connectivity index (χ0v) is 25.7. The van der Waals surface area contributed by atoms with Gasteiger partial charge < -0.3 is 23.7 Å². The quantitative estimate of drug-likeness (QED) is 0.163. The van der Waals surface area contributed by atoms with E-state index in [0.717, 1.165) is 16.7 Å². The van der Waals surface area contributed by atoms with Gasteiger partial charge in [-0.25, -0.2) is 0 Å². The minimum atomic E-state index is -4.09. The van der Waals surface area contributed by atoms with E-state index in [1.165, 1.54) is 13.2 Å². The molecule has 8 nitrogen and oxygen atoms in total. The van der Waals surface area contributed by atoms with Gasteiger partial charge in [-0.05, 0) is 35.2 Å². The molecular formula is C35H38O8S. The highest BCUT2D eigenvalue weighted by Gasteiger charge is 2.49. The summed E-state index contributed by atoms with van der Waals surface area (Å²) in [5.41, 5.74) is 3.46. The third kappa shape index (κ3) is 8.40. The van der Waals surface area contributed by atoms with Crippen molar-refractivity contribution in [1.29, 1.82) is 0 Å². The topological polar surface area (TPSA) is 89.5 Å². The van der Waals surface area contributed by atoms with Gasteiger partial charge >= 0.3 is 0 Å². The Kier molecular flexibility index (Phi) is 11.3. The molecule has 0 aromatic heterocycles. The second-order valence-corrected chi connectivity index (χ2v) is 12.2. The summed E-state index contributed by atoms with van der Waals surface area (Å²) in [7, 11) is -2.57. The van der Waals surface area contributed by atoms with E-state index in [1.54, 1.807) is 25.1 Å². The number of rotatable bonds is 14. The maximum absolute atomic E-state index is 13.2. The summed E-state index contributed by atoms with van der Waals surface area (Å²) in [6, 6.07) is 36.0. The summed E-state index contributed by atoms with van der Waals surface area (Å²) in [6.45, 7) is 2.21. The molecule has 0 saturated carbocycles. The summed E-state index contributed by atoms with van der Waals surface area (Å²) in [5.74, 6) is 0. The highest BCUT2D eigenvalue weighted by atomic mass is 32.2. The fourth-order valence-corrected chi connectivity index (χ4v) is 6.27. The largest absolute Gasteiger partial charge is 0.368 e. The van der Waals surface area contributed by atoms with Gasteiger partial charge in [0.15, 0.2) is 6.29 Å². The molecule has 44 heavy (non-hydrogen) atoms. The summed E-state index contributed by atoms with van der Waals surface area (Å²) < 4.78 is 63.7. The normalized spacial score (nSPS) is 22.1. The Labute approximate surface area is 259 Å². The van der Waals surface area contributed by atoms with Crippen molar-refractivity contribution in [3.05, 3.63) is 138 Å². The molecule has 0 unspecified atom stereocenters. The van der Waals surface area contributed by atoms with Crippen molar-refractivity contribution in [1.82, 2.24) is 0 Å². The van der Waals surface area contributed by atoms with E-state index in [1.807, 2.05) is 91.0 Å². The number of hydrogen-bond acceptors (Lipinski definition) is 8. The van der Waals surface area contributed by atoms with Crippen LogP contribution in [0.4, 0.5) is 0 Å². The van der Waals surface area contributed by atoms with Crippen LogP contribution in [0, 0.1) is 6.92 Å². The average Bonchev–Trinajstić information content (AvgIpc) is 3.06. The molecule has 0 radical (unpaired) electrons. The molecule has 1 heterocycles. The van der Waals surface area contributed by atoms with Crippen LogP contribution in [0.15, 0.2) is 120 Å². The van der Waals surface area contributed by atoms with Gasteiger partial charge in [-0.2, -0.15) is 8.42 Å². The van der Waals surface area contributed by atoms with Crippen molar-refractivity contribution >= 4 is 10.1 Å². The maximum atomic E-state index is 13.2. The zero-order chi connectivity index (χ0) is 30.8. The minimum absolute atomic E-state index is 0.0989. The van der Waals surface area contributed by atoms with Crippen LogP contribution in [0.1, 0.15) is 22.3 Å². The first kappa shape index (κ1) is 32.0. The lowest BCUT2D eigenvalue weighted by Crippen LogP contribution is -2.61. The van der Waals surface area contributed by atoms with Crippen LogP contribution in [-0.4, -0.2) is 52.8 Å². The Morgan fingerprint density at radius 2 is 1.07 bits per heavy atom. The van der Waals surface area contributed by atoms with E-state index >= 15 is 0 Å². The van der Waals surface area contributed by atoms with Crippen molar-refractivity contribution in [2.45, 2.75) is 62.3 Å². The average molecular weight is 619 g/mol. The lowest BCUT2D eigenvalue weighted by atomic mass is 9.98. The Bertz CT molecular complexity index is 1530. The molecule has 5 rings (SSSR count). The molecule has 0 spiro atoms. The van der Waals surface area contributed by atoms with Gasteiger partial charge in [-0.1, -0.05) is 109 Å². The molecule has 0 aliphatic carbocycles. The maximum Gasteiger partial charge on any atom is 0.297 e. The van der Waals surface area contributed by atoms with Gasteiger partial charge in [0, 0.05) is 7.11 Å². The van der Waals surface area contributed by atoms with Crippen LogP contribution in [0.5, 0.6) is 0 Å². The molecule has 1 fully saturated rings. The van der Waals surface area contributed by atoms with E-state index in [0.29, 0.717) is 5.56 Å². The fraction of sp³-hybridized carbons (Fsp3) is 0.314. The van der Waals surface area contributed by atoms with Crippen molar-refractivity contribution in [2.24, 2.45) is 0 Å². The first-order valence-electron chi connectivity index (χ1n) is 14.5. The monoisotopic (exact) mass is 618 g/mol. The highest BCUT2D eigenvalue weighted by Crippen LogP contribution is 2.32. The van der Waals surface area contributed by atoms with E-state index in [-0.39, 0.29) is 31.3 Å². The molecule has 0 amide bonds. The SMILES string of the molecule is CO[C@@H]1O[C@H](COS(=O)(=O)c2ccccc2C)[C@H](OCc2ccccc2)[C@H](OCc2ccccc2)[C@H]1OCc1ccccc1. The predicted molar refractivity (Wildman–Crippen MR) is 165 cm³/mol. The summed E-state index contributed by atoms with van der Waals surface area (Å²) >= 11 is 0. The van der Waals surface area contributed by atoms with Crippen molar-refractivity contribution in [3.63, 3.8) is 0 Å². The molecule has 4 aromatic rings. The Morgan fingerprint density at radius 3 is 1.57 bits per heavy atom. The van der Waals surface area contributed by atoms with Crippen LogP contribution >= 0.6 is 0 Å². The Morgan fingerprint density at radius 1 is 0.614 bits per heavy atom. The summed E-state index contributed by atoms with van der Waals surface area (Å²) in [6.07, 6.45) is -3.91. The summed E-state index contributed by atoms with van der Waals surface area (Å²) in [5, 5.41) is 0. The fourth-order valence-electron chi connectivity index (χ4n) is 5.13. The van der Waals surface area contributed by atoms with E-state index < -0.39 is 40.8 Å². The molecule has 232 valence electrons. The van der Waals surface area contributed by atoms with Gasteiger partial charge in [0.05, 0.1) is 31.3 Å². The van der Waals surface area contributed by atoms with Gasteiger partial charge in [0.2, 0.25) is 0 Å². The smallest absolute Gasteiger partial charge is 0.297 e. The van der Waals surface area contributed by atoms with Crippen molar-refractivity contribution in [2.75, 3.05) is 13.7 Å². The molecular weight excluding hydrogens is 580 g/mol. The first-order valence-corrected chi connectivity index (χ1v) is 16.0. The standard InChI is InChI=1S/C35H38O8S/c1-26-14-12-13-21-31(26)44(36,37)42-25-30-32(39-22-27-15-6-3-7-16-27)33(40-23-28-17-8-4-9-18-28)34(35(38-2)43-30)41-24-29-19-10-5-11-20-29/h3-21,30,32-35H,22-25H2,1-2H3/t30-,32+,33+,34-,35-/m1/s1. The lowest BCUT2D eigenvalue weighted by Gasteiger charge is -2.45. The van der Waals surface area contributed by atoms with E-state index in [4.69, 9.17) is 27.9 Å². The molecule has 1 aliphatic rings. The van der Waals surface area contributed by atoms with Crippen LogP contribution in [0.3, 0.4) is 0 Å². The number of aryl methyl sites for hydroxylation is 1. The van der Waals surface area contributed by atoms with Gasteiger partial charge in [0.1, 0.15) is 24.4 Å². The predicted octanol–water partition coefficient (Wildman–Crippen LogP) is 5.83. The molecule has 0 bridgehead atoms. The van der Waals surface area contributed by atoms with Crippen molar-refractivity contribution < 1.29 is 36.3 Å². The zero-order valence-electron chi connectivity index (χ0n) is 24.9. The first-order chi connectivity index (χ1) is 21.4. The Hall–Kier alpha value is -3.41. The lowest BCUT2D eigenvalue weighted by molar-refractivity contribution is -0.320.